The van der Waals surface area contributed by atoms with E-state index in [0.717, 1.165) is 35.9 Å². The Balaban J connectivity index is -0.000000130. The van der Waals surface area contributed by atoms with Gasteiger partial charge in [0, 0.05) is 102 Å². The third-order valence-electron chi connectivity index (χ3n) is 5.15. The summed E-state index contributed by atoms with van der Waals surface area (Å²) >= 11 is 0. The standard InChI is InChI=1S/2C7H9N2O.2C5H5N2O.2C3H7N2O.2C2H3O.2Y/c2*1-3-7-8-6(2)4-9(7)5-10;2*1-5-6-2-3-7(5)4-8;2*1-4-2-5-3-6;2*1-2-3;;/h2*4H,3H2,1-2H3;2*2-3H,1H3;2*4H,2H2,1H3,(H,5,6);2*1H3;;/q8*-1;;. The Hall–Kier alpha value is -4.07. The van der Waals surface area contributed by atoms with E-state index in [2.05, 4.69) is 41.2 Å². The van der Waals surface area contributed by atoms with Gasteiger partial charge < -0.3 is 97.8 Å². The Bertz CT molecular complexity index is 1460. The molecule has 2 amide bonds. The molecule has 56 heavy (non-hydrogen) atoms. The molecule has 4 rings (SSSR count). The molecule has 4 aromatic rings. The molecule has 4 N–H and O–H groups in total. The molecule has 22 heteroatoms. The number of imidazole rings is 4. The normalized spacial score (nSPS) is 8.18. The fourth-order valence-corrected chi connectivity index (χ4v) is 2.95. The smallest absolute Gasteiger partial charge is 0.149 e. The molecule has 0 aliphatic carbocycles. The van der Waals surface area contributed by atoms with Crippen molar-refractivity contribution < 1.29 is 104 Å². The van der Waals surface area contributed by atoms with Crippen LogP contribution >= 0.6 is 0 Å². The summed E-state index contributed by atoms with van der Waals surface area (Å²) in [7, 11) is 3.48. The number of rotatable bonds is 12. The largest absolute Gasteiger partial charge is 0.542 e. The number of carbonyl (C=O) groups excluding carboxylic acids is 8. The second kappa shape index (κ2) is 47.1. The minimum Gasteiger partial charge on any atom is -0.542 e. The van der Waals surface area contributed by atoms with Crippen LogP contribution in [0.3, 0.4) is 0 Å². The molecule has 0 aromatic carbocycles. The molecule has 4 heterocycles. The molecule has 0 bridgehead atoms. The second-order valence-corrected chi connectivity index (χ2v) is 9.12. The van der Waals surface area contributed by atoms with Crippen molar-refractivity contribution in [1.82, 2.24) is 59.5 Å². The maximum atomic E-state index is 10.2. The average molecular weight is 931 g/mol. The van der Waals surface area contributed by atoms with E-state index in [9.17, 15) is 28.8 Å². The van der Waals surface area contributed by atoms with E-state index in [4.69, 9.17) is 9.59 Å². The number of hydrogen-bond acceptors (Lipinski definition) is 14. The summed E-state index contributed by atoms with van der Waals surface area (Å²) in [4.78, 5) is 91.9. The van der Waals surface area contributed by atoms with Crippen LogP contribution in [0, 0.1) is 27.7 Å². The summed E-state index contributed by atoms with van der Waals surface area (Å²) in [5, 5.41) is 9.95. The Morgan fingerprint density at radius 3 is 0.964 bits per heavy atom. The van der Waals surface area contributed by atoms with Crippen LogP contribution in [-0.4, -0.2) is 117 Å². The molecule has 0 spiro atoms. The van der Waals surface area contributed by atoms with Gasteiger partial charge in [-0.15, -0.1) is 0 Å². The van der Waals surface area contributed by atoms with Crippen LogP contribution in [0.2, 0.25) is 0 Å². The van der Waals surface area contributed by atoms with Gasteiger partial charge in [0.2, 0.25) is 0 Å². The van der Waals surface area contributed by atoms with Gasteiger partial charge in [-0.2, -0.15) is 26.7 Å². The molecule has 2 radical (unpaired) electrons. The van der Waals surface area contributed by atoms with Crippen LogP contribution < -0.4 is 21.3 Å². The molecular formula is C34H48N12O8Y2-8. The van der Waals surface area contributed by atoms with E-state index in [1.54, 1.807) is 90.8 Å². The first kappa shape index (κ1) is 63.8. The number of nitrogens with one attached hydrogen (secondary N) is 4. The van der Waals surface area contributed by atoms with Gasteiger partial charge in [-0.25, -0.2) is 0 Å². The fraction of sp³-hybridized carbons (Fsp3) is 0.412. The molecule has 0 atom stereocenters. The van der Waals surface area contributed by atoms with Gasteiger partial charge in [0.1, 0.15) is 25.6 Å². The Morgan fingerprint density at radius 1 is 0.554 bits per heavy atom. The van der Waals surface area contributed by atoms with Crippen LogP contribution in [0.4, 0.5) is 0 Å². The maximum absolute atomic E-state index is 10.2. The number of amides is 2. The zero-order valence-corrected chi connectivity index (χ0v) is 39.0. The van der Waals surface area contributed by atoms with Crippen LogP contribution in [0.5, 0.6) is 0 Å². The number of aryl methyl sites for hydroxylation is 6. The van der Waals surface area contributed by atoms with Crippen molar-refractivity contribution in [2.24, 2.45) is 0 Å². The molecule has 0 saturated heterocycles. The first-order chi connectivity index (χ1) is 25.9. The first-order valence-electron chi connectivity index (χ1n) is 15.6. The van der Waals surface area contributed by atoms with E-state index < -0.39 is 0 Å². The summed E-state index contributed by atoms with van der Waals surface area (Å²) in [5.74, 6) is 2.88. The van der Waals surface area contributed by atoms with Crippen LogP contribution in [0.25, 0.3) is 0 Å². The van der Waals surface area contributed by atoms with E-state index >= 15 is 0 Å². The van der Waals surface area contributed by atoms with Gasteiger partial charge in [0.15, 0.2) is 0 Å². The van der Waals surface area contributed by atoms with Gasteiger partial charge in [-0.05, 0) is 64.6 Å². The van der Waals surface area contributed by atoms with Crippen LogP contribution in [0.15, 0.2) is 37.2 Å². The summed E-state index contributed by atoms with van der Waals surface area (Å²) in [5.41, 5.74) is 1.72. The van der Waals surface area contributed by atoms with Crippen LogP contribution in [-0.2, 0) is 117 Å². The Labute approximate surface area is 378 Å². The third-order valence-corrected chi connectivity index (χ3v) is 5.15. The number of nitrogens with zero attached hydrogens (tertiary/aromatic N) is 8. The van der Waals surface area contributed by atoms with Crippen molar-refractivity contribution >= 4 is 51.0 Å². The van der Waals surface area contributed by atoms with Crippen molar-refractivity contribution in [2.75, 3.05) is 27.4 Å². The van der Waals surface area contributed by atoms with Gasteiger partial charge >= 0.3 is 0 Å². The molecule has 0 aliphatic heterocycles. The predicted molar refractivity (Wildman–Crippen MR) is 199 cm³/mol. The predicted octanol–water partition coefficient (Wildman–Crippen LogP) is -0.581. The van der Waals surface area contributed by atoms with E-state index in [0.29, 0.717) is 25.0 Å². The monoisotopic (exact) mass is 930 g/mol. The van der Waals surface area contributed by atoms with Gasteiger partial charge in [-0.3, -0.25) is 12.6 Å². The second-order valence-electron chi connectivity index (χ2n) is 9.12. The van der Waals surface area contributed by atoms with E-state index in [1.165, 1.54) is 57.5 Å². The Kier molecular flexibility index (Phi) is 53.7. The van der Waals surface area contributed by atoms with Crippen molar-refractivity contribution in [3.8, 4) is 0 Å². The average Bonchev–Trinajstić information content (AvgIpc) is 3.97. The molecule has 0 unspecified atom stereocenters. The topological polar surface area (TPSA) is 256 Å². The summed E-state index contributed by atoms with van der Waals surface area (Å²) in [6, 6.07) is 0. The summed E-state index contributed by atoms with van der Waals surface area (Å²) in [6.07, 6.45) is 24.0. The minimum absolute atomic E-state index is 0. The molecule has 0 saturated carbocycles. The maximum Gasteiger partial charge on any atom is 0.149 e. The molecule has 4 aromatic heterocycles. The number of hydrogen-bond donors (Lipinski definition) is 4. The molecular weight excluding hydrogens is 882 g/mol. The fourth-order valence-electron chi connectivity index (χ4n) is 2.95. The van der Waals surface area contributed by atoms with Crippen molar-refractivity contribution in [3.05, 3.63) is 71.9 Å². The van der Waals surface area contributed by atoms with Gasteiger partial charge in [0.05, 0.1) is 0 Å². The molecule has 306 valence electrons. The third kappa shape index (κ3) is 35.6. The van der Waals surface area contributed by atoms with Crippen molar-refractivity contribution in [2.45, 2.75) is 68.2 Å². The number of aromatic nitrogens is 8. The summed E-state index contributed by atoms with van der Waals surface area (Å²) < 4.78 is 5.35. The van der Waals surface area contributed by atoms with E-state index in [1.807, 2.05) is 27.7 Å². The van der Waals surface area contributed by atoms with E-state index in [-0.39, 0.29) is 65.4 Å². The van der Waals surface area contributed by atoms with Gasteiger partial charge in [0.25, 0.3) is 0 Å². The molecule has 0 aliphatic rings. The van der Waals surface area contributed by atoms with Crippen molar-refractivity contribution in [3.63, 3.8) is 0 Å². The summed E-state index contributed by atoms with van der Waals surface area (Å²) in [6.45, 7) is 14.7. The zero-order valence-electron chi connectivity index (χ0n) is 33.3. The SMILES string of the molecule is CCc1nc(C)cn1[C-]=O.CCc1nc(C)cn1[C-]=O.CNCN[C-]=O.CNCN[C-]=O.C[C-]=O.C[C-]=O.Cc1nccn1[C-]=O.Cc1nccn1[C-]=O.[Y].[Y]. The van der Waals surface area contributed by atoms with Gasteiger partial charge in [-0.1, -0.05) is 52.5 Å². The Morgan fingerprint density at radius 2 is 0.839 bits per heavy atom. The quantitative estimate of drug-likeness (QED) is 0.0601. The molecule has 20 nitrogen and oxygen atoms in total. The zero-order chi connectivity index (χ0) is 42.2. The van der Waals surface area contributed by atoms with Crippen LogP contribution in [0.1, 0.15) is 62.4 Å². The van der Waals surface area contributed by atoms with Crippen molar-refractivity contribution in [1.29, 1.82) is 0 Å². The first-order valence-corrected chi connectivity index (χ1v) is 15.6. The molecule has 0 fully saturated rings. The minimum atomic E-state index is 0.